The molecule has 5 unspecified atom stereocenters. The molecule has 0 aromatic carbocycles. The molecule has 4 N–H and O–H groups in total. The molecule has 44 heavy (non-hydrogen) atoms. The van der Waals surface area contributed by atoms with Crippen LogP contribution in [0.1, 0.15) is 90.4 Å². The molecule has 0 aromatic heterocycles. The number of methoxy groups -OCH3 is 1. The smallest absolute Gasteiger partial charge is 0.325 e. The number of nitrogens with one attached hydrogen (secondary N) is 3. The third-order valence-electron chi connectivity index (χ3n) is 10.1. The average molecular weight is 620 g/mol. The van der Waals surface area contributed by atoms with Crippen molar-refractivity contribution >= 4 is 35.7 Å². The van der Waals surface area contributed by atoms with Gasteiger partial charge in [-0.1, -0.05) is 19.8 Å². The Morgan fingerprint density at radius 3 is 2.30 bits per heavy atom. The fourth-order valence-corrected chi connectivity index (χ4v) is 7.49. The Labute approximate surface area is 259 Å². The lowest BCUT2D eigenvalue weighted by Crippen LogP contribution is -2.53. The number of carbonyl (C=O) groups excluding carboxylic acids is 5. The van der Waals surface area contributed by atoms with Crippen molar-refractivity contribution in [1.29, 1.82) is 0 Å². The summed E-state index contributed by atoms with van der Waals surface area (Å²) < 4.78 is 4.77. The van der Waals surface area contributed by atoms with Crippen LogP contribution < -0.4 is 16.0 Å². The number of hydrogen-bond donors (Lipinski definition) is 4. The Kier molecular flexibility index (Phi) is 11.9. The second-order valence-electron chi connectivity index (χ2n) is 13.2. The molecule has 13 nitrogen and oxygen atoms in total. The highest BCUT2D eigenvalue weighted by Crippen LogP contribution is 2.34. The van der Waals surface area contributed by atoms with Crippen molar-refractivity contribution in [3.8, 4) is 0 Å². The Balaban J connectivity index is 1.26. The zero-order chi connectivity index (χ0) is 31.8. The molecule has 0 aromatic rings. The van der Waals surface area contributed by atoms with Crippen molar-refractivity contribution in [2.75, 3.05) is 26.7 Å². The molecule has 1 saturated heterocycles. The van der Waals surface area contributed by atoms with Crippen LogP contribution in [0.3, 0.4) is 0 Å². The van der Waals surface area contributed by atoms with Crippen molar-refractivity contribution in [3.63, 3.8) is 0 Å². The van der Waals surface area contributed by atoms with Gasteiger partial charge in [0.25, 0.3) is 0 Å². The predicted molar refractivity (Wildman–Crippen MR) is 159 cm³/mol. The highest BCUT2D eigenvalue weighted by atomic mass is 16.5. The first-order valence-electron chi connectivity index (χ1n) is 16.3. The van der Waals surface area contributed by atoms with Crippen LogP contribution >= 0.6 is 0 Å². The van der Waals surface area contributed by atoms with Gasteiger partial charge < -0.3 is 35.6 Å². The summed E-state index contributed by atoms with van der Waals surface area (Å²) in [5.41, 5.74) is 0. The number of urea groups is 1. The number of rotatable bonds is 10. The minimum absolute atomic E-state index is 0.0832. The molecule has 1 heterocycles. The first-order valence-corrected chi connectivity index (χ1v) is 16.3. The lowest BCUT2D eigenvalue weighted by atomic mass is 9.79. The topological polar surface area (TPSA) is 174 Å². The van der Waals surface area contributed by atoms with Gasteiger partial charge in [0.1, 0.15) is 6.54 Å². The minimum Gasteiger partial charge on any atom is -0.481 e. The molecule has 0 bridgehead atoms. The number of fused-ring (bicyclic) bond motifs is 1. The van der Waals surface area contributed by atoms with Crippen molar-refractivity contribution in [3.05, 3.63) is 0 Å². The molecule has 5 atom stereocenters. The second-order valence-corrected chi connectivity index (χ2v) is 13.2. The van der Waals surface area contributed by atoms with Crippen LogP contribution in [-0.2, 0) is 28.7 Å². The third kappa shape index (κ3) is 9.07. The predicted octanol–water partition coefficient (Wildman–Crippen LogP) is 1.79. The summed E-state index contributed by atoms with van der Waals surface area (Å²) in [4.78, 5) is 78.1. The van der Waals surface area contributed by atoms with Crippen molar-refractivity contribution in [2.45, 2.75) is 115 Å². The largest absolute Gasteiger partial charge is 0.481 e. The molecule has 4 aliphatic rings. The van der Waals surface area contributed by atoms with E-state index < -0.39 is 29.8 Å². The zero-order valence-corrected chi connectivity index (χ0v) is 26.1. The second kappa shape index (κ2) is 15.6. The fraction of sp³-hybridized carbons (Fsp3) is 0.806. The van der Waals surface area contributed by atoms with E-state index in [1.165, 1.54) is 23.3 Å². The number of amides is 5. The zero-order valence-electron chi connectivity index (χ0n) is 26.1. The summed E-state index contributed by atoms with van der Waals surface area (Å²) >= 11 is 0. The Morgan fingerprint density at radius 2 is 1.61 bits per heavy atom. The van der Waals surface area contributed by atoms with Crippen LogP contribution in [0.4, 0.5) is 4.79 Å². The number of carbonyl (C=O) groups is 6. The molecule has 4 rings (SSSR count). The molecule has 4 fully saturated rings. The standard InChI is InChI=1S/C31H49N5O8/c1-19-5-3-4-6-24(19)34-31(43)33-21-9-7-20(8-10-21)15-26(37)32-22-11-12-25-23(16-22)30(42)35(14-13-28(39)40)17-27(38)36(25)18-29(41)44-2/h19-25H,3-18H2,1-2H3,(H,32,37)(H,39,40)(H2,33,34,43). The average Bonchev–Trinajstić information content (AvgIpc) is 3.08. The van der Waals surface area contributed by atoms with E-state index in [1.54, 1.807) is 0 Å². The van der Waals surface area contributed by atoms with E-state index in [2.05, 4.69) is 22.9 Å². The number of ether oxygens (including phenoxy) is 1. The lowest BCUT2D eigenvalue weighted by Gasteiger charge is -2.40. The van der Waals surface area contributed by atoms with Gasteiger partial charge in [-0.2, -0.15) is 0 Å². The molecular formula is C31H49N5O8. The van der Waals surface area contributed by atoms with E-state index >= 15 is 0 Å². The highest BCUT2D eigenvalue weighted by Gasteiger charge is 2.46. The van der Waals surface area contributed by atoms with E-state index in [9.17, 15) is 28.8 Å². The van der Waals surface area contributed by atoms with Gasteiger partial charge in [0.2, 0.25) is 17.7 Å². The number of nitrogens with zero attached hydrogens (tertiary/aromatic N) is 2. The Bertz CT molecular complexity index is 1080. The van der Waals surface area contributed by atoms with Crippen molar-refractivity contribution < 1.29 is 38.6 Å². The number of carboxylic acids is 1. The molecule has 3 saturated carbocycles. The number of esters is 1. The van der Waals surface area contributed by atoms with Crippen molar-refractivity contribution in [1.82, 2.24) is 25.8 Å². The van der Waals surface area contributed by atoms with E-state index in [4.69, 9.17) is 9.84 Å². The number of hydrogen-bond acceptors (Lipinski definition) is 7. The maximum Gasteiger partial charge on any atom is 0.325 e. The van der Waals surface area contributed by atoms with Crippen LogP contribution in [-0.4, -0.2) is 102 Å². The van der Waals surface area contributed by atoms with Gasteiger partial charge in [0, 0.05) is 37.1 Å². The highest BCUT2D eigenvalue weighted by molar-refractivity contribution is 5.91. The first-order chi connectivity index (χ1) is 21.0. The van der Waals surface area contributed by atoms with Gasteiger partial charge in [0.05, 0.1) is 26.0 Å². The summed E-state index contributed by atoms with van der Waals surface area (Å²) in [5, 5.41) is 18.5. The monoisotopic (exact) mass is 619 g/mol. The molecule has 246 valence electrons. The Hall–Kier alpha value is -3.38. The molecule has 0 radical (unpaired) electrons. The van der Waals surface area contributed by atoms with Gasteiger partial charge in [0.15, 0.2) is 0 Å². The van der Waals surface area contributed by atoms with Crippen LogP contribution in [0.25, 0.3) is 0 Å². The molecule has 3 aliphatic carbocycles. The lowest BCUT2D eigenvalue weighted by molar-refractivity contribution is -0.149. The summed E-state index contributed by atoms with van der Waals surface area (Å²) in [6.07, 6.45) is 9.23. The van der Waals surface area contributed by atoms with Gasteiger partial charge in [-0.15, -0.1) is 0 Å². The molecule has 0 spiro atoms. The maximum atomic E-state index is 13.5. The number of carboxylic acid groups (broad SMARTS) is 1. The van der Waals surface area contributed by atoms with Crippen LogP contribution in [0.5, 0.6) is 0 Å². The first kappa shape index (κ1) is 33.5. The summed E-state index contributed by atoms with van der Waals surface area (Å²) in [6.45, 7) is 1.50. The van der Waals surface area contributed by atoms with Gasteiger partial charge in [-0.3, -0.25) is 24.0 Å². The summed E-state index contributed by atoms with van der Waals surface area (Å²) in [5.74, 6) is -2.46. The SMILES string of the molecule is COC(=O)CN1C(=O)CN(CCC(=O)O)C(=O)C2CC(NC(=O)CC3CCC(NC(=O)NC4CCCCC4C)CC3)CCC21. The van der Waals surface area contributed by atoms with Gasteiger partial charge in [-0.25, -0.2) is 4.79 Å². The van der Waals surface area contributed by atoms with E-state index in [0.717, 1.165) is 44.9 Å². The molecule has 1 aliphatic heterocycles. The van der Waals surface area contributed by atoms with Crippen LogP contribution in [0, 0.1) is 17.8 Å². The summed E-state index contributed by atoms with van der Waals surface area (Å²) in [7, 11) is 1.23. The van der Waals surface area contributed by atoms with Gasteiger partial charge >= 0.3 is 18.0 Å². The number of aliphatic carboxylic acids is 1. The quantitative estimate of drug-likeness (QED) is 0.268. The fourth-order valence-electron chi connectivity index (χ4n) is 7.49. The maximum absolute atomic E-state index is 13.5. The minimum atomic E-state index is -1.08. The Morgan fingerprint density at radius 1 is 0.909 bits per heavy atom. The van der Waals surface area contributed by atoms with E-state index in [0.29, 0.717) is 31.6 Å². The van der Waals surface area contributed by atoms with E-state index in [1.807, 2.05) is 0 Å². The van der Waals surface area contributed by atoms with Gasteiger partial charge in [-0.05, 0) is 69.6 Å². The van der Waals surface area contributed by atoms with Crippen LogP contribution in [0.2, 0.25) is 0 Å². The normalized spacial score (nSPS) is 30.9. The third-order valence-corrected chi connectivity index (χ3v) is 10.1. The molecule has 13 heteroatoms. The van der Waals surface area contributed by atoms with Crippen molar-refractivity contribution in [2.24, 2.45) is 17.8 Å². The molecule has 5 amide bonds. The van der Waals surface area contributed by atoms with E-state index in [-0.39, 0.29) is 67.9 Å². The van der Waals surface area contributed by atoms with Crippen LogP contribution in [0.15, 0.2) is 0 Å². The summed E-state index contributed by atoms with van der Waals surface area (Å²) in [6, 6.07) is -0.563. The molecular weight excluding hydrogens is 570 g/mol.